The van der Waals surface area contributed by atoms with Gasteiger partial charge in [0.1, 0.15) is 0 Å². The monoisotopic (exact) mass is 591 g/mol. The zero-order valence-electron chi connectivity index (χ0n) is 24.4. The minimum Gasteiger partial charge on any atom is -0.668 e. The number of hydrogen-bond acceptors (Lipinski definition) is 2. The summed E-state index contributed by atoms with van der Waals surface area (Å²) in [6, 6.07) is 56.4. The maximum atomic E-state index is 5.43. The van der Waals surface area contributed by atoms with Gasteiger partial charge in [0.05, 0.1) is 11.2 Å². The molecule has 1 aromatic heterocycles. The number of nitrogens with zero attached hydrogens (tertiary/aromatic N) is 2. The largest absolute Gasteiger partial charge is 0.668 e. The first-order valence-corrected chi connectivity index (χ1v) is 16.1. The number of fused-ring (bicyclic) bond motifs is 6. The summed E-state index contributed by atoms with van der Waals surface area (Å²) in [5.74, 6) is 0. The molecule has 2 heterocycles. The molecule has 0 N–H and O–H groups in total. The van der Waals surface area contributed by atoms with Gasteiger partial charge in [0.2, 0.25) is 0 Å². The smallest absolute Gasteiger partial charge is 0.0794 e. The second-order valence-electron chi connectivity index (χ2n) is 11.5. The molecule has 45 heavy (non-hydrogen) atoms. The molecule has 0 bridgehead atoms. The van der Waals surface area contributed by atoms with Crippen LogP contribution in [0.25, 0.3) is 71.3 Å². The predicted octanol–water partition coefficient (Wildman–Crippen LogP) is 12.4. The Kier molecular flexibility index (Phi) is 6.17. The van der Waals surface area contributed by atoms with Crippen molar-refractivity contribution in [3.63, 3.8) is 0 Å². The van der Waals surface area contributed by atoms with E-state index in [1.165, 1.54) is 54.1 Å². The van der Waals surface area contributed by atoms with E-state index in [-0.39, 0.29) is 5.37 Å². The Morgan fingerprint density at radius 2 is 1.24 bits per heavy atom. The van der Waals surface area contributed by atoms with Crippen molar-refractivity contribution < 1.29 is 0 Å². The molecule has 212 valence electrons. The highest BCUT2D eigenvalue weighted by molar-refractivity contribution is 8.00. The highest BCUT2D eigenvalue weighted by Crippen LogP contribution is 2.54. The summed E-state index contributed by atoms with van der Waals surface area (Å²) in [6.45, 7) is 0. The molecule has 0 amide bonds. The van der Waals surface area contributed by atoms with E-state index in [4.69, 9.17) is 10.3 Å². The number of hydrogen-bond donors (Lipinski definition) is 0. The van der Waals surface area contributed by atoms with Gasteiger partial charge in [0.25, 0.3) is 0 Å². The van der Waals surface area contributed by atoms with E-state index in [0.717, 1.165) is 28.0 Å². The number of para-hydroxylation sites is 2. The van der Waals surface area contributed by atoms with Gasteiger partial charge >= 0.3 is 0 Å². The van der Waals surface area contributed by atoms with Gasteiger partial charge in [0, 0.05) is 27.3 Å². The minimum absolute atomic E-state index is 0.0865. The van der Waals surface area contributed by atoms with E-state index >= 15 is 0 Å². The van der Waals surface area contributed by atoms with Crippen LogP contribution in [0.15, 0.2) is 163 Å². The van der Waals surface area contributed by atoms with Crippen molar-refractivity contribution in [2.24, 2.45) is 0 Å². The lowest BCUT2D eigenvalue weighted by Crippen LogP contribution is -1.93. The summed E-state index contributed by atoms with van der Waals surface area (Å²) >= 11 is 1.82. The second kappa shape index (κ2) is 10.7. The highest BCUT2D eigenvalue weighted by atomic mass is 32.2. The summed E-state index contributed by atoms with van der Waals surface area (Å²) in [7, 11) is 0. The topological polar surface area (TPSA) is 27.0 Å². The van der Waals surface area contributed by atoms with Crippen LogP contribution in [-0.2, 0) is 0 Å². The number of benzene rings is 7. The van der Waals surface area contributed by atoms with Crippen LogP contribution in [0.2, 0.25) is 0 Å². The van der Waals surface area contributed by atoms with Gasteiger partial charge in [-0.3, -0.25) is 0 Å². The molecule has 0 fully saturated rings. The third-order valence-electron chi connectivity index (χ3n) is 8.82. The third kappa shape index (κ3) is 4.47. The molecule has 0 spiro atoms. The Hall–Kier alpha value is -5.38. The molecule has 1 aliphatic heterocycles. The molecule has 1 unspecified atom stereocenters. The minimum atomic E-state index is 0.0865. The van der Waals surface area contributed by atoms with Crippen LogP contribution >= 0.6 is 11.8 Å². The Labute approximate surface area is 266 Å². The Morgan fingerprint density at radius 3 is 2.13 bits per heavy atom. The molecule has 1 atom stereocenters. The van der Waals surface area contributed by atoms with Crippen LogP contribution in [0.4, 0.5) is 5.69 Å². The zero-order chi connectivity index (χ0) is 29.7. The normalized spacial score (nSPS) is 14.1. The van der Waals surface area contributed by atoms with Crippen LogP contribution in [0.1, 0.15) is 10.9 Å². The van der Waals surface area contributed by atoms with Crippen LogP contribution in [-0.4, -0.2) is 4.98 Å². The number of thioether (sulfide) groups is 1. The van der Waals surface area contributed by atoms with Crippen molar-refractivity contribution in [1.82, 2.24) is 4.98 Å². The summed E-state index contributed by atoms with van der Waals surface area (Å²) in [5.41, 5.74) is 10.1. The van der Waals surface area contributed by atoms with Gasteiger partial charge in [-0.15, -0.1) is 17.4 Å². The SMILES string of the molecule is c1ccc(-c2cccc3c2nc(-c2ccc(-c4cccc(C5[N-]c6ccccc6S5)c4)cc2)c2ccc4ccccc4c23)cc1. The number of rotatable bonds is 4. The van der Waals surface area contributed by atoms with Gasteiger partial charge in [-0.05, 0) is 43.8 Å². The van der Waals surface area contributed by atoms with Crippen LogP contribution in [0.3, 0.4) is 0 Å². The fourth-order valence-electron chi connectivity index (χ4n) is 6.64. The van der Waals surface area contributed by atoms with Crippen molar-refractivity contribution >= 4 is 49.9 Å². The van der Waals surface area contributed by atoms with Gasteiger partial charge < -0.3 is 5.32 Å². The molecule has 0 aliphatic carbocycles. The standard InChI is InChI=1S/C42H27N2S/c1-2-10-28(11-3-1)34-16-9-17-35-39-33-15-5-4-12-29(33)24-25-36(39)40(44-41(34)35)30-22-20-27(21-23-30)31-13-8-14-32(26-31)42-43-37-18-6-7-19-38(37)45-42/h1-26,42H/q-1. The lowest BCUT2D eigenvalue weighted by molar-refractivity contribution is 1.20. The maximum Gasteiger partial charge on any atom is 0.0794 e. The average Bonchev–Trinajstić information content (AvgIpc) is 3.56. The van der Waals surface area contributed by atoms with Gasteiger partial charge in [-0.25, -0.2) is 4.98 Å². The lowest BCUT2D eigenvalue weighted by Gasteiger charge is -2.24. The van der Waals surface area contributed by atoms with Crippen molar-refractivity contribution in [2.45, 2.75) is 10.3 Å². The van der Waals surface area contributed by atoms with E-state index < -0.39 is 0 Å². The van der Waals surface area contributed by atoms with E-state index in [1.807, 2.05) is 11.8 Å². The molecular formula is C42H27N2S-. The molecule has 0 saturated carbocycles. The molecular weight excluding hydrogens is 565 g/mol. The zero-order valence-corrected chi connectivity index (χ0v) is 25.2. The second-order valence-corrected chi connectivity index (χ2v) is 12.6. The quantitative estimate of drug-likeness (QED) is 0.190. The fraction of sp³-hybridized carbons (Fsp3) is 0.0238. The average molecular weight is 592 g/mol. The van der Waals surface area contributed by atoms with Crippen LogP contribution < -0.4 is 0 Å². The van der Waals surface area contributed by atoms with E-state index in [2.05, 4.69) is 158 Å². The molecule has 9 rings (SSSR count). The van der Waals surface area contributed by atoms with Gasteiger partial charge in [-0.1, -0.05) is 157 Å². The molecule has 1 aliphatic rings. The first kappa shape index (κ1) is 26.1. The van der Waals surface area contributed by atoms with Crippen molar-refractivity contribution in [2.75, 3.05) is 0 Å². The number of aromatic nitrogens is 1. The third-order valence-corrected chi connectivity index (χ3v) is 10.0. The first-order valence-electron chi connectivity index (χ1n) is 15.3. The van der Waals surface area contributed by atoms with Gasteiger partial charge in [-0.2, -0.15) is 0 Å². The highest BCUT2D eigenvalue weighted by Gasteiger charge is 2.17. The molecule has 0 saturated heterocycles. The van der Waals surface area contributed by atoms with Crippen LogP contribution in [0, 0.1) is 0 Å². The van der Waals surface area contributed by atoms with Crippen molar-refractivity contribution in [3.05, 3.63) is 169 Å². The summed E-state index contributed by atoms with van der Waals surface area (Å²) in [5, 5.41) is 11.1. The summed E-state index contributed by atoms with van der Waals surface area (Å²) in [4.78, 5) is 6.68. The lowest BCUT2D eigenvalue weighted by atomic mass is 9.92. The Morgan fingerprint density at radius 1 is 0.511 bits per heavy atom. The van der Waals surface area contributed by atoms with Crippen LogP contribution in [0.5, 0.6) is 0 Å². The van der Waals surface area contributed by atoms with E-state index in [0.29, 0.717) is 0 Å². The molecule has 2 nitrogen and oxygen atoms in total. The summed E-state index contributed by atoms with van der Waals surface area (Å²) in [6.07, 6.45) is 0. The molecule has 8 aromatic rings. The molecule has 3 heteroatoms. The Bertz CT molecular complexity index is 2350. The fourth-order valence-corrected chi connectivity index (χ4v) is 7.73. The van der Waals surface area contributed by atoms with Crippen molar-refractivity contribution in [3.8, 4) is 33.5 Å². The van der Waals surface area contributed by atoms with E-state index in [9.17, 15) is 0 Å². The maximum absolute atomic E-state index is 5.43. The predicted molar refractivity (Wildman–Crippen MR) is 191 cm³/mol. The molecule has 0 radical (unpaired) electrons. The molecule has 7 aromatic carbocycles. The number of pyridine rings is 1. The van der Waals surface area contributed by atoms with Crippen molar-refractivity contribution in [1.29, 1.82) is 0 Å². The van der Waals surface area contributed by atoms with E-state index in [1.54, 1.807) is 0 Å². The summed E-state index contributed by atoms with van der Waals surface area (Å²) < 4.78 is 0. The Balaban J connectivity index is 1.17. The van der Waals surface area contributed by atoms with Gasteiger partial charge in [0.15, 0.2) is 0 Å². The first-order chi connectivity index (χ1) is 22.3.